The maximum atomic E-state index is 12.3. The molecule has 3 aromatic rings. The average molecular weight is 319 g/mol. The highest BCUT2D eigenvalue weighted by Gasteiger charge is 2.17. The number of fused-ring (bicyclic) bond motifs is 1. The number of nitrogens with zero attached hydrogens (tertiary/aromatic N) is 5. The summed E-state index contributed by atoms with van der Waals surface area (Å²) in [6.45, 7) is 4.54. The van der Waals surface area contributed by atoms with Crippen LogP contribution >= 0.6 is 0 Å². The van der Waals surface area contributed by atoms with Crippen molar-refractivity contribution in [3.8, 4) is 0 Å². The molecule has 0 saturated carbocycles. The second-order valence-corrected chi connectivity index (χ2v) is 7.29. The van der Waals surface area contributed by atoms with Crippen molar-refractivity contribution in [1.82, 2.24) is 24.4 Å². The molecule has 0 aromatic carbocycles. The molecule has 3 aromatic heterocycles. The number of hydrogen-bond donors (Lipinski definition) is 0. The second kappa shape index (κ2) is 5.53. The van der Waals surface area contributed by atoms with E-state index in [1.54, 1.807) is 17.1 Å². The van der Waals surface area contributed by atoms with Crippen LogP contribution in [0.15, 0.2) is 30.6 Å². The highest BCUT2D eigenvalue weighted by atomic mass is 32.2. The molecule has 3 rings (SSSR count). The summed E-state index contributed by atoms with van der Waals surface area (Å²) < 4.78 is 28.1. The van der Waals surface area contributed by atoms with Gasteiger partial charge in [-0.2, -0.15) is 0 Å². The third-order valence-electron chi connectivity index (χ3n) is 3.39. The standard InChI is InChI=1S/C14H17N5O2S/c1-3-18-7-13(16-17-18)10-22(20,21)9-12-8-19-11(2)5-4-6-14(19)15-12/h4-8H,3,9-10H2,1-2H3. The first-order chi connectivity index (χ1) is 10.5. The van der Waals surface area contributed by atoms with E-state index in [0.717, 1.165) is 11.3 Å². The molecule has 3 heterocycles. The molecule has 7 nitrogen and oxygen atoms in total. The van der Waals surface area contributed by atoms with Crippen LogP contribution in [0.25, 0.3) is 5.65 Å². The lowest BCUT2D eigenvalue weighted by atomic mass is 10.4. The lowest BCUT2D eigenvalue weighted by Crippen LogP contribution is -2.08. The van der Waals surface area contributed by atoms with Crippen molar-refractivity contribution in [2.75, 3.05) is 0 Å². The average Bonchev–Trinajstić information content (AvgIpc) is 3.04. The predicted molar refractivity (Wildman–Crippen MR) is 82.0 cm³/mol. The van der Waals surface area contributed by atoms with Gasteiger partial charge in [0, 0.05) is 24.6 Å². The monoisotopic (exact) mass is 319 g/mol. The highest BCUT2D eigenvalue weighted by Crippen LogP contribution is 2.13. The van der Waals surface area contributed by atoms with E-state index in [1.165, 1.54) is 0 Å². The van der Waals surface area contributed by atoms with E-state index in [2.05, 4.69) is 15.3 Å². The first kappa shape index (κ1) is 14.7. The zero-order valence-corrected chi connectivity index (χ0v) is 13.3. The van der Waals surface area contributed by atoms with Crippen LogP contribution in [-0.2, 0) is 27.9 Å². The molecule has 0 atom stereocenters. The molecular weight excluding hydrogens is 302 g/mol. The summed E-state index contributed by atoms with van der Waals surface area (Å²) in [6.07, 6.45) is 3.43. The Morgan fingerprint density at radius 3 is 2.59 bits per heavy atom. The number of aryl methyl sites for hydroxylation is 2. The van der Waals surface area contributed by atoms with Crippen molar-refractivity contribution in [3.63, 3.8) is 0 Å². The van der Waals surface area contributed by atoms with Gasteiger partial charge in [-0.05, 0) is 26.0 Å². The summed E-state index contributed by atoms with van der Waals surface area (Å²) in [4.78, 5) is 4.36. The molecule has 0 saturated heterocycles. The molecule has 0 spiro atoms. The normalized spacial score (nSPS) is 12.1. The van der Waals surface area contributed by atoms with Gasteiger partial charge in [0.1, 0.15) is 5.65 Å². The van der Waals surface area contributed by atoms with Gasteiger partial charge in [-0.15, -0.1) is 5.10 Å². The Morgan fingerprint density at radius 2 is 1.91 bits per heavy atom. The lowest BCUT2D eigenvalue weighted by Gasteiger charge is -1.99. The minimum absolute atomic E-state index is 0.104. The molecular formula is C14H17N5O2S. The number of aromatic nitrogens is 5. The van der Waals surface area contributed by atoms with Crippen LogP contribution in [0.2, 0.25) is 0 Å². The van der Waals surface area contributed by atoms with E-state index in [1.807, 2.05) is 36.4 Å². The maximum absolute atomic E-state index is 12.3. The van der Waals surface area contributed by atoms with Crippen LogP contribution in [-0.4, -0.2) is 32.8 Å². The van der Waals surface area contributed by atoms with Crippen LogP contribution in [0, 0.1) is 6.92 Å². The molecule has 0 radical (unpaired) electrons. The van der Waals surface area contributed by atoms with Gasteiger partial charge in [-0.3, -0.25) is 4.68 Å². The van der Waals surface area contributed by atoms with E-state index < -0.39 is 9.84 Å². The zero-order chi connectivity index (χ0) is 15.7. The third kappa shape index (κ3) is 3.01. The van der Waals surface area contributed by atoms with Crippen molar-refractivity contribution in [2.24, 2.45) is 0 Å². The number of rotatable bonds is 5. The van der Waals surface area contributed by atoms with Gasteiger partial charge in [0.05, 0.1) is 22.9 Å². The molecule has 22 heavy (non-hydrogen) atoms. The summed E-state index contributed by atoms with van der Waals surface area (Å²) >= 11 is 0. The number of hydrogen-bond acceptors (Lipinski definition) is 5. The first-order valence-corrected chi connectivity index (χ1v) is 8.82. The highest BCUT2D eigenvalue weighted by molar-refractivity contribution is 7.89. The molecule has 8 heteroatoms. The number of imidazole rings is 1. The fourth-order valence-corrected chi connectivity index (χ4v) is 3.60. The van der Waals surface area contributed by atoms with Crippen LogP contribution in [0.5, 0.6) is 0 Å². The first-order valence-electron chi connectivity index (χ1n) is 7.00. The van der Waals surface area contributed by atoms with Gasteiger partial charge in [-0.25, -0.2) is 13.4 Å². The van der Waals surface area contributed by atoms with E-state index in [-0.39, 0.29) is 11.5 Å². The van der Waals surface area contributed by atoms with Gasteiger partial charge in [0.15, 0.2) is 9.84 Å². The fraction of sp³-hybridized carbons (Fsp3) is 0.357. The Labute approximate surface area is 128 Å². The van der Waals surface area contributed by atoms with E-state index in [9.17, 15) is 8.42 Å². The van der Waals surface area contributed by atoms with Gasteiger partial charge in [0.2, 0.25) is 0 Å². The van der Waals surface area contributed by atoms with Crippen LogP contribution in [0.1, 0.15) is 24.0 Å². The molecule has 0 aliphatic heterocycles. The van der Waals surface area contributed by atoms with E-state index in [4.69, 9.17) is 0 Å². The lowest BCUT2D eigenvalue weighted by molar-refractivity contribution is 0.593. The molecule has 0 N–H and O–H groups in total. The Hall–Kier alpha value is -2.22. The van der Waals surface area contributed by atoms with Crippen molar-refractivity contribution in [1.29, 1.82) is 0 Å². The maximum Gasteiger partial charge on any atom is 0.161 e. The molecule has 0 unspecified atom stereocenters. The van der Waals surface area contributed by atoms with E-state index in [0.29, 0.717) is 17.9 Å². The van der Waals surface area contributed by atoms with Crippen molar-refractivity contribution < 1.29 is 8.42 Å². The van der Waals surface area contributed by atoms with Gasteiger partial charge in [0.25, 0.3) is 0 Å². The van der Waals surface area contributed by atoms with Crippen LogP contribution in [0.4, 0.5) is 0 Å². The summed E-state index contributed by atoms with van der Waals surface area (Å²) in [5.74, 6) is -0.229. The summed E-state index contributed by atoms with van der Waals surface area (Å²) in [6, 6.07) is 5.71. The molecule has 116 valence electrons. The van der Waals surface area contributed by atoms with Gasteiger partial charge >= 0.3 is 0 Å². The minimum Gasteiger partial charge on any atom is -0.304 e. The molecule has 0 aliphatic carbocycles. The Morgan fingerprint density at radius 1 is 1.14 bits per heavy atom. The summed E-state index contributed by atoms with van der Waals surface area (Å²) in [7, 11) is -3.33. The topological polar surface area (TPSA) is 82.2 Å². The minimum atomic E-state index is -3.33. The number of sulfone groups is 1. The predicted octanol–water partition coefficient (Wildman–Crippen LogP) is 1.37. The summed E-state index contributed by atoms with van der Waals surface area (Å²) in [5.41, 5.74) is 2.76. The smallest absolute Gasteiger partial charge is 0.161 e. The van der Waals surface area contributed by atoms with Crippen molar-refractivity contribution >= 4 is 15.5 Å². The SMILES string of the molecule is CCn1cc(CS(=O)(=O)Cc2cn3c(C)cccc3n2)nn1. The van der Waals surface area contributed by atoms with Crippen LogP contribution in [0.3, 0.4) is 0 Å². The van der Waals surface area contributed by atoms with Crippen LogP contribution < -0.4 is 0 Å². The fourth-order valence-electron chi connectivity index (χ4n) is 2.33. The summed E-state index contributed by atoms with van der Waals surface area (Å²) in [5, 5.41) is 7.73. The van der Waals surface area contributed by atoms with Gasteiger partial charge in [-0.1, -0.05) is 11.3 Å². The third-order valence-corrected chi connectivity index (χ3v) is 4.86. The Kier molecular flexibility index (Phi) is 3.69. The van der Waals surface area contributed by atoms with Crippen molar-refractivity contribution in [3.05, 3.63) is 47.7 Å². The Balaban J connectivity index is 1.81. The molecule has 0 fully saturated rings. The Bertz CT molecular complexity index is 910. The number of pyridine rings is 1. The van der Waals surface area contributed by atoms with E-state index >= 15 is 0 Å². The van der Waals surface area contributed by atoms with Crippen molar-refractivity contribution in [2.45, 2.75) is 31.9 Å². The second-order valence-electron chi connectivity index (χ2n) is 5.23. The largest absolute Gasteiger partial charge is 0.304 e. The van der Waals surface area contributed by atoms with Gasteiger partial charge < -0.3 is 4.40 Å². The molecule has 0 bridgehead atoms. The molecule has 0 amide bonds. The quantitative estimate of drug-likeness (QED) is 0.709. The molecule has 0 aliphatic rings. The zero-order valence-electron chi connectivity index (χ0n) is 12.5.